The number of amides is 1. The van der Waals surface area contributed by atoms with Crippen molar-refractivity contribution in [2.45, 2.75) is 6.42 Å². The molecule has 6 heteroatoms. The van der Waals surface area contributed by atoms with Crippen LogP contribution in [0.1, 0.15) is 11.1 Å². The van der Waals surface area contributed by atoms with Gasteiger partial charge in [-0.05, 0) is 35.9 Å². The summed E-state index contributed by atoms with van der Waals surface area (Å²) in [6.07, 6.45) is 1.74. The Labute approximate surface area is 139 Å². The quantitative estimate of drug-likeness (QED) is 0.653. The molecule has 0 unspecified atom stereocenters. The second-order valence-corrected chi connectivity index (χ2v) is 5.14. The third-order valence-electron chi connectivity index (χ3n) is 3.11. The van der Waals surface area contributed by atoms with Crippen molar-refractivity contribution in [2.24, 2.45) is 5.10 Å². The number of hydrogen-bond donors (Lipinski definition) is 1. The zero-order chi connectivity index (χ0) is 16.7. The van der Waals surface area contributed by atoms with Gasteiger partial charge in [0.1, 0.15) is 11.5 Å². The molecule has 0 spiro atoms. The summed E-state index contributed by atoms with van der Waals surface area (Å²) in [4.78, 5) is 11.9. The fraction of sp³-hybridized carbons (Fsp3) is 0.176. The Morgan fingerprint density at radius 3 is 2.57 bits per heavy atom. The second-order valence-electron chi connectivity index (χ2n) is 4.70. The monoisotopic (exact) mass is 332 g/mol. The van der Waals surface area contributed by atoms with Crippen LogP contribution in [0.15, 0.2) is 47.6 Å². The molecule has 2 aromatic rings. The molecule has 2 aromatic carbocycles. The van der Waals surface area contributed by atoms with Gasteiger partial charge in [-0.3, -0.25) is 4.79 Å². The number of carbonyl (C=O) groups excluding carboxylic acids is 1. The molecule has 0 aliphatic rings. The maximum Gasteiger partial charge on any atom is 0.244 e. The van der Waals surface area contributed by atoms with E-state index >= 15 is 0 Å². The van der Waals surface area contributed by atoms with Gasteiger partial charge in [0.2, 0.25) is 5.91 Å². The summed E-state index contributed by atoms with van der Waals surface area (Å²) in [5.74, 6) is 1.10. The van der Waals surface area contributed by atoms with E-state index in [1.54, 1.807) is 56.7 Å². The molecular formula is C17H17ClN2O3. The lowest BCUT2D eigenvalue weighted by Gasteiger charge is -2.06. The van der Waals surface area contributed by atoms with Crippen LogP contribution in [0.25, 0.3) is 0 Å². The number of halogens is 1. The molecule has 0 aliphatic heterocycles. The second kappa shape index (κ2) is 8.19. The van der Waals surface area contributed by atoms with Crippen molar-refractivity contribution < 1.29 is 14.3 Å². The van der Waals surface area contributed by atoms with E-state index in [9.17, 15) is 4.79 Å². The fourth-order valence-electron chi connectivity index (χ4n) is 1.94. The molecule has 0 saturated heterocycles. The molecule has 2 rings (SSSR count). The van der Waals surface area contributed by atoms with Crippen LogP contribution in [-0.2, 0) is 11.2 Å². The van der Waals surface area contributed by atoms with Gasteiger partial charge in [0.25, 0.3) is 0 Å². The van der Waals surface area contributed by atoms with Crippen LogP contribution in [-0.4, -0.2) is 26.3 Å². The van der Waals surface area contributed by atoms with E-state index in [0.717, 1.165) is 5.56 Å². The summed E-state index contributed by atoms with van der Waals surface area (Å²) in [5, 5.41) is 4.59. The Hall–Kier alpha value is -2.53. The highest BCUT2D eigenvalue weighted by Gasteiger charge is 2.04. The molecule has 0 radical (unpaired) electrons. The van der Waals surface area contributed by atoms with Gasteiger partial charge in [0.15, 0.2) is 0 Å². The van der Waals surface area contributed by atoms with Gasteiger partial charge in [-0.25, -0.2) is 5.43 Å². The molecule has 0 atom stereocenters. The van der Waals surface area contributed by atoms with Crippen LogP contribution in [0.4, 0.5) is 0 Å². The lowest BCUT2D eigenvalue weighted by Crippen LogP contribution is -2.19. The minimum Gasteiger partial charge on any atom is -0.497 e. The van der Waals surface area contributed by atoms with Gasteiger partial charge < -0.3 is 9.47 Å². The summed E-state index contributed by atoms with van der Waals surface area (Å²) >= 11 is 5.81. The molecule has 0 fully saturated rings. The highest BCUT2D eigenvalue weighted by molar-refractivity contribution is 6.30. The predicted molar refractivity (Wildman–Crippen MR) is 90.4 cm³/mol. The highest BCUT2D eigenvalue weighted by Crippen LogP contribution is 2.22. The highest BCUT2D eigenvalue weighted by atomic mass is 35.5. The zero-order valence-corrected chi connectivity index (χ0v) is 13.6. The number of methoxy groups -OCH3 is 2. The number of nitrogens with zero attached hydrogens (tertiary/aromatic N) is 1. The zero-order valence-electron chi connectivity index (χ0n) is 12.9. The topological polar surface area (TPSA) is 59.9 Å². The summed E-state index contributed by atoms with van der Waals surface area (Å²) in [5.41, 5.74) is 4.05. The number of benzene rings is 2. The van der Waals surface area contributed by atoms with Gasteiger partial charge in [-0.2, -0.15) is 5.10 Å². The molecule has 0 heterocycles. The molecule has 120 valence electrons. The van der Waals surface area contributed by atoms with Crippen LogP contribution in [0.3, 0.4) is 0 Å². The Balaban J connectivity index is 1.98. The standard InChI is InChI=1S/C17H17ClN2O3/c1-22-15-7-8-16(23-2)13(10-15)11-19-20-17(21)9-12-3-5-14(18)6-4-12/h3-8,10-11H,9H2,1-2H3,(H,20,21)/b19-11-. The minimum atomic E-state index is -0.217. The van der Waals surface area contributed by atoms with Crippen molar-refractivity contribution in [3.05, 3.63) is 58.6 Å². The van der Waals surface area contributed by atoms with Crippen LogP contribution in [0, 0.1) is 0 Å². The number of ether oxygens (including phenoxy) is 2. The minimum absolute atomic E-state index is 0.217. The van der Waals surface area contributed by atoms with Crippen molar-refractivity contribution in [3.63, 3.8) is 0 Å². The SMILES string of the molecule is COc1ccc(OC)c(/C=N\NC(=O)Cc2ccc(Cl)cc2)c1. The smallest absolute Gasteiger partial charge is 0.244 e. The van der Waals surface area contributed by atoms with E-state index in [1.165, 1.54) is 6.21 Å². The predicted octanol–water partition coefficient (Wildman–Crippen LogP) is 3.05. The Morgan fingerprint density at radius 1 is 1.17 bits per heavy atom. The molecule has 5 nitrogen and oxygen atoms in total. The third-order valence-corrected chi connectivity index (χ3v) is 3.36. The average molecular weight is 333 g/mol. The Bertz CT molecular complexity index is 699. The van der Waals surface area contributed by atoms with E-state index in [1.807, 2.05) is 0 Å². The summed E-state index contributed by atoms with van der Waals surface area (Å²) in [7, 11) is 3.15. The van der Waals surface area contributed by atoms with Crippen molar-refractivity contribution >= 4 is 23.7 Å². The average Bonchev–Trinajstić information content (AvgIpc) is 2.57. The Kier molecular flexibility index (Phi) is 6.00. The van der Waals surface area contributed by atoms with Gasteiger partial charge in [-0.1, -0.05) is 23.7 Å². The third kappa shape index (κ3) is 5.00. The summed E-state index contributed by atoms with van der Waals surface area (Å²) in [6.45, 7) is 0. The fourth-order valence-corrected chi connectivity index (χ4v) is 2.07. The molecule has 0 aromatic heterocycles. The molecule has 23 heavy (non-hydrogen) atoms. The maximum atomic E-state index is 11.9. The number of carbonyl (C=O) groups is 1. The maximum absolute atomic E-state index is 11.9. The first-order valence-electron chi connectivity index (χ1n) is 6.90. The number of nitrogens with one attached hydrogen (secondary N) is 1. The number of hydrogen-bond acceptors (Lipinski definition) is 4. The van der Waals surface area contributed by atoms with Gasteiger partial charge in [-0.15, -0.1) is 0 Å². The van der Waals surface area contributed by atoms with Crippen molar-refractivity contribution in [2.75, 3.05) is 14.2 Å². The van der Waals surface area contributed by atoms with Crippen LogP contribution in [0.5, 0.6) is 11.5 Å². The lowest BCUT2D eigenvalue weighted by molar-refractivity contribution is -0.120. The van der Waals surface area contributed by atoms with E-state index in [0.29, 0.717) is 22.1 Å². The molecule has 1 N–H and O–H groups in total. The van der Waals surface area contributed by atoms with E-state index in [-0.39, 0.29) is 12.3 Å². The first-order valence-corrected chi connectivity index (χ1v) is 7.28. The summed E-state index contributed by atoms with van der Waals surface area (Å²) < 4.78 is 10.4. The lowest BCUT2D eigenvalue weighted by atomic mass is 10.1. The molecular weight excluding hydrogens is 316 g/mol. The summed E-state index contributed by atoms with van der Waals surface area (Å²) in [6, 6.07) is 12.4. The number of hydrazone groups is 1. The van der Waals surface area contributed by atoms with E-state index in [2.05, 4.69) is 10.5 Å². The van der Waals surface area contributed by atoms with E-state index < -0.39 is 0 Å². The van der Waals surface area contributed by atoms with Gasteiger partial charge in [0, 0.05) is 10.6 Å². The van der Waals surface area contributed by atoms with E-state index in [4.69, 9.17) is 21.1 Å². The van der Waals surface area contributed by atoms with Crippen molar-refractivity contribution in [1.82, 2.24) is 5.43 Å². The van der Waals surface area contributed by atoms with Gasteiger partial charge >= 0.3 is 0 Å². The molecule has 1 amide bonds. The largest absolute Gasteiger partial charge is 0.497 e. The molecule has 0 aliphatic carbocycles. The van der Waals surface area contributed by atoms with Crippen molar-refractivity contribution in [3.8, 4) is 11.5 Å². The first-order chi connectivity index (χ1) is 11.1. The van der Waals surface area contributed by atoms with Crippen molar-refractivity contribution in [1.29, 1.82) is 0 Å². The van der Waals surface area contributed by atoms with Crippen LogP contribution < -0.4 is 14.9 Å². The molecule has 0 saturated carbocycles. The number of rotatable bonds is 6. The Morgan fingerprint density at radius 2 is 1.91 bits per heavy atom. The first kappa shape index (κ1) is 16.8. The van der Waals surface area contributed by atoms with Crippen LogP contribution in [0.2, 0.25) is 5.02 Å². The molecule has 0 bridgehead atoms. The van der Waals surface area contributed by atoms with Crippen LogP contribution >= 0.6 is 11.6 Å². The van der Waals surface area contributed by atoms with Gasteiger partial charge in [0.05, 0.1) is 26.9 Å². The normalized spacial score (nSPS) is 10.6.